The lowest BCUT2D eigenvalue weighted by atomic mass is 9.92. The van der Waals surface area contributed by atoms with Crippen LogP contribution in [-0.2, 0) is 4.79 Å². The van der Waals surface area contributed by atoms with Gasteiger partial charge in [-0.1, -0.05) is 91.0 Å². The maximum atomic E-state index is 11.3. The maximum absolute atomic E-state index is 11.3. The molecule has 0 atom stereocenters. The monoisotopic (exact) mass is 381 g/mol. The summed E-state index contributed by atoms with van der Waals surface area (Å²) in [5, 5.41) is 8.77. The molecule has 0 saturated heterocycles. The van der Waals surface area contributed by atoms with Crippen molar-refractivity contribution in [2.45, 2.75) is 0 Å². The first-order chi connectivity index (χ1) is 14.2. The zero-order valence-corrected chi connectivity index (χ0v) is 15.7. The summed E-state index contributed by atoms with van der Waals surface area (Å²) in [4.78, 5) is 11.3. The van der Waals surface area contributed by atoms with Crippen LogP contribution in [0, 0.1) is 0 Å². The largest absolute Gasteiger partial charge is 0.466 e. The van der Waals surface area contributed by atoms with Gasteiger partial charge in [-0.2, -0.15) is 0 Å². The minimum absolute atomic E-state index is 0.270. The number of hydrogen-bond donors (Lipinski definition) is 1. The van der Waals surface area contributed by atoms with Gasteiger partial charge in [-0.15, -0.1) is 10.2 Å². The highest BCUT2D eigenvalue weighted by Crippen LogP contribution is 2.42. The van der Waals surface area contributed by atoms with E-state index in [0.29, 0.717) is 0 Å². The number of nitrogens with zero attached hydrogens (tertiary/aromatic N) is 2. The van der Waals surface area contributed by atoms with Crippen LogP contribution in [-0.4, -0.2) is 22.7 Å². The Labute approximate surface area is 168 Å². The molecule has 142 valence electrons. The second kappa shape index (κ2) is 8.35. The third kappa shape index (κ3) is 3.99. The predicted molar refractivity (Wildman–Crippen MR) is 113 cm³/mol. The van der Waals surface area contributed by atoms with Crippen LogP contribution in [0.25, 0.3) is 33.5 Å². The van der Waals surface area contributed by atoms with E-state index in [1.807, 2.05) is 91.0 Å². The molecule has 0 aliphatic heterocycles. The van der Waals surface area contributed by atoms with Crippen LogP contribution < -0.4 is 10.5 Å². The van der Waals surface area contributed by atoms with E-state index >= 15 is 0 Å². The van der Waals surface area contributed by atoms with Crippen LogP contribution in [0.3, 0.4) is 0 Å². The summed E-state index contributed by atoms with van der Waals surface area (Å²) in [5.74, 6) is -0.298. The molecular weight excluding hydrogens is 362 g/mol. The minimum atomic E-state index is -0.570. The lowest BCUT2D eigenvalue weighted by Crippen LogP contribution is -2.21. The maximum Gasteiger partial charge on any atom is 0.255 e. The number of amides is 1. The minimum Gasteiger partial charge on any atom is -0.466 e. The Bertz CT molecular complexity index is 1110. The van der Waals surface area contributed by atoms with Crippen molar-refractivity contribution in [2.24, 2.45) is 5.73 Å². The van der Waals surface area contributed by atoms with E-state index in [9.17, 15) is 4.79 Å². The van der Waals surface area contributed by atoms with Crippen molar-refractivity contribution in [2.75, 3.05) is 6.61 Å². The second-order valence-electron chi connectivity index (χ2n) is 6.46. The SMILES string of the molecule is NC(=O)COc1nnc(-c2ccccc2)c(-c2ccccc2)c1-c1ccccc1. The van der Waals surface area contributed by atoms with Gasteiger partial charge in [-0.3, -0.25) is 4.79 Å². The number of carbonyl (C=O) groups excluding carboxylic acids is 1. The predicted octanol–water partition coefficient (Wildman–Crippen LogP) is 4.34. The highest BCUT2D eigenvalue weighted by Gasteiger charge is 2.22. The van der Waals surface area contributed by atoms with Crippen molar-refractivity contribution in [3.05, 3.63) is 91.0 Å². The number of benzene rings is 3. The number of rotatable bonds is 6. The molecule has 3 aromatic carbocycles. The first-order valence-electron chi connectivity index (χ1n) is 9.22. The average Bonchev–Trinajstić information content (AvgIpc) is 2.78. The summed E-state index contributed by atoms with van der Waals surface area (Å²) >= 11 is 0. The molecule has 1 heterocycles. The number of nitrogens with two attached hydrogens (primary N) is 1. The lowest BCUT2D eigenvalue weighted by Gasteiger charge is -2.17. The second-order valence-corrected chi connectivity index (χ2v) is 6.46. The van der Waals surface area contributed by atoms with E-state index in [4.69, 9.17) is 10.5 Å². The van der Waals surface area contributed by atoms with Crippen LogP contribution in [0.4, 0.5) is 0 Å². The van der Waals surface area contributed by atoms with E-state index in [0.717, 1.165) is 33.5 Å². The summed E-state index contributed by atoms with van der Waals surface area (Å²) in [6.07, 6.45) is 0. The van der Waals surface area contributed by atoms with Gasteiger partial charge in [-0.25, -0.2) is 0 Å². The van der Waals surface area contributed by atoms with E-state index in [-0.39, 0.29) is 12.5 Å². The summed E-state index contributed by atoms with van der Waals surface area (Å²) in [7, 11) is 0. The van der Waals surface area contributed by atoms with Gasteiger partial charge < -0.3 is 10.5 Å². The molecule has 0 fully saturated rings. The molecule has 0 saturated carbocycles. The van der Waals surface area contributed by atoms with Gasteiger partial charge in [0.15, 0.2) is 6.61 Å². The molecule has 0 radical (unpaired) electrons. The molecule has 29 heavy (non-hydrogen) atoms. The lowest BCUT2D eigenvalue weighted by molar-refractivity contribution is -0.120. The van der Waals surface area contributed by atoms with Crippen molar-refractivity contribution in [1.29, 1.82) is 0 Å². The van der Waals surface area contributed by atoms with Crippen molar-refractivity contribution >= 4 is 5.91 Å². The summed E-state index contributed by atoms with van der Waals surface area (Å²) in [6, 6.07) is 29.6. The van der Waals surface area contributed by atoms with Gasteiger partial charge in [-0.05, 0) is 11.1 Å². The molecule has 1 aromatic heterocycles. The Balaban J connectivity index is 2.03. The van der Waals surface area contributed by atoms with Gasteiger partial charge in [0.2, 0.25) is 5.88 Å². The molecule has 0 bridgehead atoms. The molecule has 0 spiro atoms. The Morgan fingerprint density at radius 2 is 1.17 bits per heavy atom. The molecule has 0 unspecified atom stereocenters. The quantitative estimate of drug-likeness (QED) is 0.539. The van der Waals surface area contributed by atoms with Gasteiger partial charge >= 0.3 is 0 Å². The van der Waals surface area contributed by atoms with Gasteiger partial charge in [0.25, 0.3) is 5.91 Å². The fourth-order valence-electron chi connectivity index (χ4n) is 3.22. The third-order valence-corrected chi connectivity index (χ3v) is 4.46. The normalized spacial score (nSPS) is 10.5. The molecule has 2 N–H and O–H groups in total. The molecule has 1 amide bonds. The number of primary amides is 1. The topological polar surface area (TPSA) is 78.1 Å². The average molecular weight is 381 g/mol. The Morgan fingerprint density at radius 1 is 0.690 bits per heavy atom. The first-order valence-corrected chi connectivity index (χ1v) is 9.22. The number of ether oxygens (including phenoxy) is 1. The van der Waals surface area contributed by atoms with Crippen LogP contribution in [0.15, 0.2) is 91.0 Å². The number of hydrogen-bond acceptors (Lipinski definition) is 4. The molecule has 5 nitrogen and oxygen atoms in total. The van der Waals surface area contributed by atoms with Crippen LogP contribution in [0.1, 0.15) is 0 Å². The molecule has 4 aromatic rings. The Hall–Kier alpha value is -3.99. The van der Waals surface area contributed by atoms with Crippen molar-refractivity contribution in [1.82, 2.24) is 10.2 Å². The standard InChI is InChI=1S/C24H19N3O2/c25-20(28)16-29-24-22(18-12-6-2-7-13-18)21(17-10-4-1-5-11-17)23(26-27-24)19-14-8-3-9-15-19/h1-15H,16H2,(H2,25,28). The highest BCUT2D eigenvalue weighted by atomic mass is 16.5. The smallest absolute Gasteiger partial charge is 0.255 e. The van der Waals surface area contributed by atoms with Crippen molar-refractivity contribution < 1.29 is 9.53 Å². The first kappa shape index (κ1) is 18.4. The fourth-order valence-corrected chi connectivity index (χ4v) is 3.22. The van der Waals surface area contributed by atoms with Gasteiger partial charge in [0, 0.05) is 11.1 Å². The van der Waals surface area contributed by atoms with Crippen LogP contribution >= 0.6 is 0 Å². The molecular formula is C24H19N3O2. The van der Waals surface area contributed by atoms with E-state index in [1.165, 1.54) is 0 Å². The van der Waals surface area contributed by atoms with E-state index in [2.05, 4.69) is 10.2 Å². The van der Waals surface area contributed by atoms with Gasteiger partial charge in [0.1, 0.15) is 5.69 Å². The molecule has 0 aliphatic carbocycles. The fraction of sp³-hybridized carbons (Fsp3) is 0.0417. The van der Waals surface area contributed by atoms with Crippen molar-refractivity contribution in [3.8, 4) is 39.4 Å². The zero-order valence-electron chi connectivity index (χ0n) is 15.7. The van der Waals surface area contributed by atoms with Gasteiger partial charge in [0.05, 0.1) is 5.56 Å². The summed E-state index contributed by atoms with van der Waals surface area (Å²) in [6.45, 7) is -0.270. The number of aromatic nitrogens is 2. The van der Waals surface area contributed by atoms with Crippen LogP contribution in [0.2, 0.25) is 0 Å². The molecule has 5 heteroatoms. The zero-order chi connectivity index (χ0) is 20.1. The third-order valence-electron chi connectivity index (χ3n) is 4.46. The van der Waals surface area contributed by atoms with E-state index < -0.39 is 5.91 Å². The molecule has 0 aliphatic rings. The van der Waals surface area contributed by atoms with Crippen LogP contribution in [0.5, 0.6) is 5.88 Å². The Kier molecular flexibility index (Phi) is 5.29. The Morgan fingerprint density at radius 3 is 1.69 bits per heavy atom. The summed E-state index contributed by atoms with van der Waals surface area (Å²) < 4.78 is 5.66. The number of carbonyl (C=O) groups is 1. The summed E-state index contributed by atoms with van der Waals surface area (Å²) in [5.41, 5.74) is 10.5. The van der Waals surface area contributed by atoms with E-state index in [1.54, 1.807) is 0 Å². The molecule has 4 rings (SSSR count). The van der Waals surface area contributed by atoms with Crippen molar-refractivity contribution in [3.63, 3.8) is 0 Å². The highest BCUT2D eigenvalue weighted by molar-refractivity contribution is 5.94.